The highest BCUT2D eigenvalue weighted by Gasteiger charge is 2.42. The van der Waals surface area contributed by atoms with Crippen LogP contribution in [-0.4, -0.2) is 26.0 Å². The van der Waals surface area contributed by atoms with Gasteiger partial charge in [0.25, 0.3) is 0 Å². The minimum Gasteiger partial charge on any atom is -0.496 e. The van der Waals surface area contributed by atoms with E-state index in [9.17, 15) is 9.59 Å². The van der Waals surface area contributed by atoms with E-state index in [1.165, 1.54) is 20.3 Å². The number of fused-ring (bicyclic) bond motifs is 2. The molecule has 0 atom stereocenters. The standard InChI is InChI=1S/C17H16O5/c1-8-10-13(20-4)12-11(9(18)6-7-17(12,2)3)14(21-5)15(10)22-16(8)19/h6-7H,1H2,2-5H3. The zero-order valence-corrected chi connectivity index (χ0v) is 12.9. The fourth-order valence-electron chi connectivity index (χ4n) is 3.01. The number of carbonyl (C=O) groups excluding carboxylic acids is 2. The van der Waals surface area contributed by atoms with Crippen molar-refractivity contribution in [2.24, 2.45) is 0 Å². The summed E-state index contributed by atoms with van der Waals surface area (Å²) < 4.78 is 16.2. The van der Waals surface area contributed by atoms with Crippen LogP contribution in [0.2, 0.25) is 0 Å². The van der Waals surface area contributed by atoms with Gasteiger partial charge in [-0.15, -0.1) is 0 Å². The van der Waals surface area contributed by atoms with Gasteiger partial charge in [0.05, 0.1) is 30.9 Å². The van der Waals surface area contributed by atoms with Gasteiger partial charge in [0.15, 0.2) is 17.3 Å². The number of ketones is 1. The predicted molar refractivity (Wildman–Crippen MR) is 80.7 cm³/mol. The number of benzene rings is 1. The molecular formula is C17H16O5. The van der Waals surface area contributed by atoms with E-state index in [0.717, 1.165) is 0 Å². The SMILES string of the molecule is C=C1C(=O)Oc2c(OC)c3c(c(OC)c21)C(C)(C)C=CC3=O. The minimum atomic E-state index is -0.563. The number of carbonyl (C=O) groups is 2. The van der Waals surface area contributed by atoms with Gasteiger partial charge in [-0.1, -0.05) is 26.5 Å². The maximum atomic E-state index is 12.4. The second-order valence-corrected chi connectivity index (χ2v) is 5.81. The quantitative estimate of drug-likeness (QED) is 0.477. The molecule has 0 amide bonds. The molecule has 1 aliphatic carbocycles. The van der Waals surface area contributed by atoms with Crippen LogP contribution in [0.4, 0.5) is 0 Å². The summed E-state index contributed by atoms with van der Waals surface area (Å²) in [6.45, 7) is 7.69. The lowest BCUT2D eigenvalue weighted by Gasteiger charge is -2.31. The van der Waals surface area contributed by atoms with Gasteiger partial charge in [-0.3, -0.25) is 4.79 Å². The second-order valence-electron chi connectivity index (χ2n) is 5.81. The van der Waals surface area contributed by atoms with Crippen molar-refractivity contribution >= 4 is 17.3 Å². The Balaban J connectivity index is 2.51. The molecule has 114 valence electrons. The molecule has 0 aromatic heterocycles. The first-order valence-electron chi connectivity index (χ1n) is 6.81. The Morgan fingerprint density at radius 3 is 2.32 bits per heavy atom. The minimum absolute atomic E-state index is 0.200. The number of rotatable bonds is 2. The average molecular weight is 300 g/mol. The molecule has 22 heavy (non-hydrogen) atoms. The first-order valence-corrected chi connectivity index (χ1v) is 6.81. The maximum absolute atomic E-state index is 12.4. The first kappa shape index (κ1) is 14.4. The van der Waals surface area contributed by atoms with E-state index in [1.807, 2.05) is 19.9 Å². The van der Waals surface area contributed by atoms with Crippen molar-refractivity contribution in [3.8, 4) is 17.2 Å². The van der Waals surface area contributed by atoms with E-state index < -0.39 is 11.4 Å². The lowest BCUT2D eigenvalue weighted by atomic mass is 9.74. The molecule has 0 saturated heterocycles. The van der Waals surface area contributed by atoms with Crippen LogP contribution in [0.1, 0.15) is 35.3 Å². The highest BCUT2D eigenvalue weighted by molar-refractivity contribution is 6.24. The van der Waals surface area contributed by atoms with Crippen molar-refractivity contribution in [3.05, 3.63) is 35.4 Å². The van der Waals surface area contributed by atoms with Crippen molar-refractivity contribution < 1.29 is 23.8 Å². The lowest BCUT2D eigenvalue weighted by molar-refractivity contribution is -0.127. The highest BCUT2D eigenvalue weighted by atomic mass is 16.6. The smallest absolute Gasteiger partial charge is 0.343 e. The van der Waals surface area contributed by atoms with E-state index >= 15 is 0 Å². The molecule has 1 aliphatic heterocycles. The zero-order valence-electron chi connectivity index (χ0n) is 12.9. The van der Waals surface area contributed by atoms with Crippen LogP contribution in [0, 0.1) is 0 Å². The van der Waals surface area contributed by atoms with E-state index in [1.54, 1.807) is 0 Å². The van der Waals surface area contributed by atoms with Crippen molar-refractivity contribution in [3.63, 3.8) is 0 Å². The fraction of sp³-hybridized carbons (Fsp3) is 0.294. The predicted octanol–water partition coefficient (Wildman–Crippen LogP) is 2.67. The largest absolute Gasteiger partial charge is 0.496 e. The fourth-order valence-corrected chi connectivity index (χ4v) is 3.01. The van der Waals surface area contributed by atoms with Crippen LogP contribution in [0.25, 0.3) is 5.57 Å². The third kappa shape index (κ3) is 1.65. The molecule has 0 fully saturated rings. The second kappa shape index (κ2) is 4.47. The number of hydrogen-bond donors (Lipinski definition) is 0. The Kier molecular flexibility index (Phi) is 2.92. The van der Waals surface area contributed by atoms with Crippen molar-refractivity contribution in [2.75, 3.05) is 14.2 Å². The van der Waals surface area contributed by atoms with Gasteiger partial charge in [0.2, 0.25) is 0 Å². The van der Waals surface area contributed by atoms with Gasteiger partial charge in [-0.25, -0.2) is 4.79 Å². The summed E-state index contributed by atoms with van der Waals surface area (Å²) in [6.07, 6.45) is 3.31. The molecule has 1 heterocycles. The van der Waals surface area contributed by atoms with Crippen LogP contribution in [-0.2, 0) is 10.2 Å². The Morgan fingerprint density at radius 2 is 1.73 bits per heavy atom. The average Bonchev–Trinajstić information content (AvgIpc) is 2.77. The van der Waals surface area contributed by atoms with Crippen molar-refractivity contribution in [1.82, 2.24) is 0 Å². The van der Waals surface area contributed by atoms with Gasteiger partial charge < -0.3 is 14.2 Å². The zero-order chi connectivity index (χ0) is 16.2. The summed E-state index contributed by atoms with van der Waals surface area (Å²) in [7, 11) is 2.94. The number of ether oxygens (including phenoxy) is 3. The lowest BCUT2D eigenvalue weighted by Crippen LogP contribution is -2.25. The molecule has 1 aromatic carbocycles. The Bertz CT molecular complexity index is 768. The number of methoxy groups -OCH3 is 2. The topological polar surface area (TPSA) is 61.8 Å². The number of allylic oxidation sites excluding steroid dienone is 2. The third-order valence-corrected chi connectivity index (χ3v) is 4.06. The number of esters is 1. The van der Waals surface area contributed by atoms with Crippen LogP contribution < -0.4 is 14.2 Å². The summed E-state index contributed by atoms with van der Waals surface area (Å²) >= 11 is 0. The molecule has 0 N–H and O–H groups in total. The first-order chi connectivity index (χ1) is 10.3. The summed E-state index contributed by atoms with van der Waals surface area (Å²) in [6, 6.07) is 0. The summed E-state index contributed by atoms with van der Waals surface area (Å²) in [5.74, 6) is 0.116. The summed E-state index contributed by atoms with van der Waals surface area (Å²) in [4.78, 5) is 24.3. The Morgan fingerprint density at radius 1 is 1.09 bits per heavy atom. The van der Waals surface area contributed by atoms with E-state index in [0.29, 0.717) is 22.4 Å². The van der Waals surface area contributed by atoms with Crippen molar-refractivity contribution in [2.45, 2.75) is 19.3 Å². The maximum Gasteiger partial charge on any atom is 0.343 e. The molecule has 0 saturated carbocycles. The van der Waals surface area contributed by atoms with Crippen LogP contribution in [0.5, 0.6) is 17.2 Å². The molecule has 5 heteroatoms. The molecule has 0 unspecified atom stereocenters. The molecule has 2 aliphatic rings. The van der Waals surface area contributed by atoms with E-state index in [-0.39, 0.29) is 22.9 Å². The van der Waals surface area contributed by atoms with Gasteiger partial charge in [-0.05, 0) is 6.08 Å². The molecule has 1 aromatic rings. The molecule has 0 radical (unpaired) electrons. The summed E-state index contributed by atoms with van der Waals surface area (Å²) in [5.41, 5.74) is 1.25. The normalized spacial score (nSPS) is 17.9. The molecule has 0 spiro atoms. The molecule has 5 nitrogen and oxygen atoms in total. The van der Waals surface area contributed by atoms with Crippen LogP contribution in [0.3, 0.4) is 0 Å². The van der Waals surface area contributed by atoms with Gasteiger partial charge >= 0.3 is 5.97 Å². The molecule has 3 rings (SSSR count). The van der Waals surface area contributed by atoms with Gasteiger partial charge in [0.1, 0.15) is 5.75 Å². The Labute approximate surface area is 128 Å². The summed E-state index contributed by atoms with van der Waals surface area (Å²) in [5, 5.41) is 0. The number of hydrogen-bond acceptors (Lipinski definition) is 5. The van der Waals surface area contributed by atoms with Crippen LogP contribution in [0.15, 0.2) is 18.7 Å². The van der Waals surface area contributed by atoms with Crippen LogP contribution >= 0.6 is 0 Å². The highest BCUT2D eigenvalue weighted by Crippen LogP contribution is 2.54. The van der Waals surface area contributed by atoms with Gasteiger partial charge in [0, 0.05) is 11.0 Å². The van der Waals surface area contributed by atoms with E-state index in [4.69, 9.17) is 14.2 Å². The van der Waals surface area contributed by atoms with Gasteiger partial charge in [-0.2, -0.15) is 0 Å². The third-order valence-electron chi connectivity index (χ3n) is 4.06. The van der Waals surface area contributed by atoms with E-state index in [2.05, 4.69) is 6.58 Å². The van der Waals surface area contributed by atoms with Crippen molar-refractivity contribution in [1.29, 1.82) is 0 Å². The molecule has 0 bridgehead atoms. The molecular weight excluding hydrogens is 284 g/mol. The Hall–Kier alpha value is -2.56. The monoisotopic (exact) mass is 300 g/mol.